The Bertz CT molecular complexity index is 1320. The van der Waals surface area contributed by atoms with Gasteiger partial charge in [0.05, 0.1) is 39.9 Å². The lowest BCUT2D eigenvalue weighted by Gasteiger charge is -2.35. The fraction of sp³-hybridized carbons (Fsp3) is 0.471. The van der Waals surface area contributed by atoms with Gasteiger partial charge >= 0.3 is 0 Å². The highest BCUT2D eigenvalue weighted by Crippen LogP contribution is 2.43. The van der Waals surface area contributed by atoms with Gasteiger partial charge in [0.15, 0.2) is 12.3 Å². The van der Waals surface area contributed by atoms with Crippen LogP contribution in [-0.2, 0) is 4.79 Å². The number of amides is 1. The van der Waals surface area contributed by atoms with Gasteiger partial charge in [0.25, 0.3) is 5.91 Å². The molecule has 43 heavy (non-hydrogen) atoms. The molecule has 1 aliphatic rings. The quantitative estimate of drug-likeness (QED) is 0.154. The minimum atomic E-state index is -0.523. The van der Waals surface area contributed by atoms with E-state index in [-0.39, 0.29) is 57.8 Å². The van der Waals surface area contributed by atoms with E-state index in [0.29, 0.717) is 28.9 Å². The van der Waals surface area contributed by atoms with Gasteiger partial charge in [0, 0.05) is 24.6 Å². The predicted molar refractivity (Wildman–Crippen MR) is 167 cm³/mol. The van der Waals surface area contributed by atoms with Crippen molar-refractivity contribution in [2.75, 3.05) is 40.9 Å². The van der Waals surface area contributed by atoms with Gasteiger partial charge in [-0.15, -0.1) is 0 Å². The molecule has 0 bridgehead atoms. The van der Waals surface area contributed by atoms with Crippen LogP contribution in [0.2, 0.25) is 0 Å². The average Bonchev–Trinajstić information content (AvgIpc) is 2.88. The molecule has 0 spiro atoms. The smallest absolute Gasteiger partial charge is 0.278 e. The van der Waals surface area contributed by atoms with Gasteiger partial charge in [-0.05, 0) is 77.5 Å². The highest BCUT2D eigenvalue weighted by molar-refractivity contribution is 6.11. The van der Waals surface area contributed by atoms with Crippen LogP contribution in [0.1, 0.15) is 69.4 Å². The number of fused-ring (bicyclic) bond motifs is 1. The molecule has 0 atom stereocenters. The Labute approximate surface area is 267 Å². The number of carbonyl (C=O) groups is 2. The Morgan fingerprint density at radius 3 is 2.30 bits per heavy atom. The highest BCUT2D eigenvalue weighted by Gasteiger charge is 2.29. The summed E-state index contributed by atoms with van der Waals surface area (Å²) in [6.07, 6.45) is 7.51. The van der Waals surface area contributed by atoms with Crippen LogP contribution >= 0.6 is 0 Å². The van der Waals surface area contributed by atoms with E-state index in [1.165, 1.54) is 13.2 Å². The van der Waals surface area contributed by atoms with Crippen molar-refractivity contribution in [1.29, 1.82) is 0 Å². The largest absolute Gasteiger partial charge is 1.00 e. The normalized spacial score (nSPS) is 13.8. The number of hydrogen-bond donors (Lipinski definition) is 1. The molecule has 1 heterocycles. The minimum Gasteiger partial charge on any atom is -1.00 e. The van der Waals surface area contributed by atoms with Crippen LogP contribution in [0.15, 0.2) is 42.5 Å². The van der Waals surface area contributed by atoms with Crippen molar-refractivity contribution >= 4 is 23.8 Å². The number of nitrogens with zero attached hydrogens (tertiary/aromatic N) is 2. The van der Waals surface area contributed by atoms with Gasteiger partial charge in [0.1, 0.15) is 34.2 Å². The van der Waals surface area contributed by atoms with Crippen LogP contribution in [0.5, 0.6) is 23.0 Å². The van der Waals surface area contributed by atoms with Crippen LogP contribution in [0.4, 0.5) is 0 Å². The number of ether oxygens (including phenoxy) is 3. The number of methoxy groups -OCH3 is 1. The van der Waals surface area contributed by atoms with Gasteiger partial charge in [-0.3, -0.25) is 9.59 Å². The molecule has 0 saturated carbocycles. The molecular weight excluding hydrogens is 612 g/mol. The lowest BCUT2D eigenvalue weighted by atomic mass is 9.97. The van der Waals surface area contributed by atoms with Crippen molar-refractivity contribution in [3.63, 3.8) is 0 Å². The Kier molecular flexibility index (Phi) is 12.5. The first kappa shape index (κ1) is 35.9. The zero-order valence-corrected chi connectivity index (χ0v) is 28.5. The van der Waals surface area contributed by atoms with Gasteiger partial charge in [-0.25, -0.2) is 0 Å². The van der Waals surface area contributed by atoms with Crippen molar-refractivity contribution in [1.82, 2.24) is 4.90 Å². The second-order valence-electron chi connectivity index (χ2n) is 12.5. The third kappa shape index (κ3) is 9.60. The highest BCUT2D eigenvalue weighted by atomic mass is 79.9. The van der Waals surface area contributed by atoms with Gasteiger partial charge in [0.2, 0.25) is 0 Å². The zero-order chi connectivity index (χ0) is 31.2. The fourth-order valence-electron chi connectivity index (χ4n) is 5.20. The number of likely N-dealkylation sites (N-methyl/N-ethyl adjacent to an activating group) is 1. The molecule has 0 unspecified atom stereocenters. The summed E-state index contributed by atoms with van der Waals surface area (Å²) in [5.74, 6) is 1.07. The summed E-state index contributed by atoms with van der Waals surface area (Å²) in [6, 6.07) is 9.44. The molecule has 0 fully saturated rings. The van der Waals surface area contributed by atoms with Crippen molar-refractivity contribution in [2.24, 2.45) is 0 Å². The number of aromatic hydroxyl groups is 1. The van der Waals surface area contributed by atoms with E-state index in [1.54, 1.807) is 18.2 Å². The molecule has 1 N–H and O–H groups in total. The average molecular weight is 660 g/mol. The molecule has 0 aliphatic carbocycles. The summed E-state index contributed by atoms with van der Waals surface area (Å²) in [5.41, 5.74) is 0.832. The number of benzene rings is 2. The second kappa shape index (κ2) is 14.9. The Hall–Kier alpha value is -3.30. The first-order valence-corrected chi connectivity index (χ1v) is 14.5. The molecule has 8 nitrogen and oxygen atoms in total. The summed E-state index contributed by atoms with van der Waals surface area (Å²) < 4.78 is 17.9. The Morgan fingerprint density at radius 2 is 1.72 bits per heavy atom. The molecule has 2 aromatic carbocycles. The third-order valence-corrected chi connectivity index (χ3v) is 7.20. The number of halogens is 1. The molecule has 236 valence electrons. The van der Waals surface area contributed by atoms with Crippen LogP contribution in [-0.4, -0.2) is 84.8 Å². The van der Waals surface area contributed by atoms with E-state index in [2.05, 4.69) is 41.8 Å². The number of phenols is 1. The number of allylic oxidation sites excluding steroid dienone is 1. The number of rotatable bonds is 13. The number of carbonyl (C=O) groups excluding carboxylic acids is 2. The molecule has 3 rings (SSSR count). The molecule has 2 aromatic rings. The summed E-state index contributed by atoms with van der Waals surface area (Å²) in [7, 11) is 5.60. The summed E-state index contributed by atoms with van der Waals surface area (Å²) in [6.45, 7) is 13.8. The molecule has 0 radical (unpaired) electrons. The number of hydrogen-bond acceptors (Lipinski definition) is 6. The van der Waals surface area contributed by atoms with Crippen molar-refractivity contribution in [2.45, 2.75) is 65.6 Å². The van der Waals surface area contributed by atoms with Crippen LogP contribution in [0.3, 0.4) is 0 Å². The lowest BCUT2D eigenvalue weighted by molar-refractivity contribution is -0.883. The van der Waals surface area contributed by atoms with Gasteiger partial charge in [-0.2, -0.15) is 0 Å². The van der Waals surface area contributed by atoms with E-state index in [1.807, 2.05) is 49.1 Å². The maximum atomic E-state index is 13.1. The topological polar surface area (TPSA) is 85.3 Å². The van der Waals surface area contributed by atoms with Crippen molar-refractivity contribution < 1.29 is 50.4 Å². The molecule has 0 saturated heterocycles. The SMILES string of the molecule is COc1cc2c(c(O)c1C(=O)/C=C/c1ccc(OCCC[N+](C)(C)CC(=O)N(C(C)C)C(C)C)cc1)C=CC(C)(C)O2.[Br-]. The molecule has 1 amide bonds. The number of phenolic OH excluding ortho intramolecular Hbond substituents is 1. The number of quaternary nitrogens is 1. The molecule has 1 aliphatic heterocycles. The zero-order valence-electron chi connectivity index (χ0n) is 26.9. The first-order chi connectivity index (χ1) is 19.6. The standard InChI is InChI=1S/C34H46N2O6.BrH/c1-23(2)35(24(3)4)31(38)22-36(7,8)19-10-20-41-26-14-11-25(12-15-26)13-16-28(37)32-30(40-9)21-29-27(33(32)39)17-18-34(5,6)42-29;/h11-18,21,23-24H,10,19-20,22H2,1-9H3;1H/b16-13+;. The maximum absolute atomic E-state index is 13.1. The summed E-state index contributed by atoms with van der Waals surface area (Å²) in [5, 5.41) is 10.9. The van der Waals surface area contributed by atoms with E-state index < -0.39 is 5.60 Å². The summed E-state index contributed by atoms with van der Waals surface area (Å²) >= 11 is 0. The van der Waals surface area contributed by atoms with Crippen LogP contribution < -0.4 is 31.2 Å². The molecule has 9 heteroatoms. The fourth-order valence-corrected chi connectivity index (χ4v) is 5.20. The van der Waals surface area contributed by atoms with Crippen LogP contribution in [0, 0.1) is 0 Å². The van der Waals surface area contributed by atoms with E-state index >= 15 is 0 Å². The maximum Gasteiger partial charge on any atom is 0.278 e. The van der Waals surface area contributed by atoms with E-state index in [4.69, 9.17) is 14.2 Å². The van der Waals surface area contributed by atoms with Gasteiger partial charge < -0.3 is 45.7 Å². The van der Waals surface area contributed by atoms with Crippen molar-refractivity contribution in [3.05, 3.63) is 59.2 Å². The molecule has 0 aromatic heterocycles. The van der Waals surface area contributed by atoms with Crippen molar-refractivity contribution in [3.8, 4) is 23.0 Å². The molecular formula is C34H47BrN2O6. The van der Waals surface area contributed by atoms with Gasteiger partial charge in [-0.1, -0.05) is 18.2 Å². The lowest BCUT2D eigenvalue weighted by Crippen LogP contribution is -3.00. The van der Waals surface area contributed by atoms with Crippen LogP contribution in [0.25, 0.3) is 12.2 Å². The number of ketones is 1. The Balaban J connectivity index is 0.00000645. The second-order valence-corrected chi connectivity index (χ2v) is 12.5. The Morgan fingerprint density at radius 1 is 1.09 bits per heavy atom. The third-order valence-electron chi connectivity index (χ3n) is 7.20. The predicted octanol–water partition coefficient (Wildman–Crippen LogP) is 2.98. The summed E-state index contributed by atoms with van der Waals surface area (Å²) in [4.78, 5) is 27.9. The monoisotopic (exact) mass is 658 g/mol. The van der Waals surface area contributed by atoms with E-state index in [9.17, 15) is 14.7 Å². The minimum absolute atomic E-state index is 0. The first-order valence-electron chi connectivity index (χ1n) is 14.5. The van der Waals surface area contributed by atoms with E-state index in [0.717, 1.165) is 24.3 Å².